The molecule has 0 N–H and O–H groups in total. The number of ether oxygens (including phenoxy) is 1. The van der Waals surface area contributed by atoms with Crippen LogP contribution < -0.4 is 4.74 Å². The van der Waals surface area contributed by atoms with Crippen LogP contribution in [0.1, 0.15) is 0 Å². The lowest BCUT2D eigenvalue weighted by atomic mass is 10.3. The molecule has 0 spiro atoms. The van der Waals surface area contributed by atoms with Crippen molar-refractivity contribution in [2.45, 2.75) is 0 Å². The highest BCUT2D eigenvalue weighted by molar-refractivity contribution is 5.86. The highest BCUT2D eigenvalue weighted by Gasteiger charge is 2.03. The molecule has 16 heavy (non-hydrogen) atoms. The summed E-state index contributed by atoms with van der Waals surface area (Å²) in [5.41, 5.74) is 0. The van der Waals surface area contributed by atoms with Gasteiger partial charge in [-0.15, -0.1) is 0 Å². The number of rotatable bonds is 5. The molecule has 86 valence electrons. The van der Waals surface area contributed by atoms with Crippen LogP contribution in [0, 0.1) is 5.82 Å². The standard InChI is InChI=1S/C12H14FNO2/c1-3-12(15)14(2)8-9-16-11-6-4-10(13)5-7-11/h3-7H,1,8-9H2,2H3. The molecule has 0 radical (unpaired) electrons. The second-order valence-corrected chi connectivity index (χ2v) is 3.27. The van der Waals surface area contributed by atoms with Gasteiger partial charge in [-0.25, -0.2) is 4.39 Å². The van der Waals surface area contributed by atoms with Crippen molar-refractivity contribution in [2.75, 3.05) is 20.2 Å². The minimum Gasteiger partial charge on any atom is -0.492 e. The van der Waals surface area contributed by atoms with Crippen LogP contribution in [0.5, 0.6) is 5.75 Å². The van der Waals surface area contributed by atoms with Crippen molar-refractivity contribution in [2.24, 2.45) is 0 Å². The molecule has 0 aromatic heterocycles. The van der Waals surface area contributed by atoms with Crippen LogP contribution in [0.25, 0.3) is 0 Å². The van der Waals surface area contributed by atoms with Gasteiger partial charge in [0, 0.05) is 7.05 Å². The second-order valence-electron chi connectivity index (χ2n) is 3.27. The zero-order valence-electron chi connectivity index (χ0n) is 9.15. The van der Waals surface area contributed by atoms with E-state index in [0.29, 0.717) is 18.9 Å². The molecule has 0 aliphatic heterocycles. The number of halogens is 1. The van der Waals surface area contributed by atoms with Crippen molar-refractivity contribution >= 4 is 5.91 Å². The number of carbonyl (C=O) groups is 1. The van der Waals surface area contributed by atoms with Gasteiger partial charge in [0.1, 0.15) is 18.2 Å². The van der Waals surface area contributed by atoms with Crippen molar-refractivity contribution in [1.82, 2.24) is 4.90 Å². The number of nitrogens with zero attached hydrogens (tertiary/aromatic N) is 1. The predicted octanol–water partition coefficient (Wildman–Crippen LogP) is 1.85. The number of amides is 1. The minimum absolute atomic E-state index is 0.150. The van der Waals surface area contributed by atoms with Gasteiger partial charge in [0.2, 0.25) is 5.91 Å². The van der Waals surface area contributed by atoms with E-state index < -0.39 is 0 Å². The van der Waals surface area contributed by atoms with Crippen molar-refractivity contribution in [1.29, 1.82) is 0 Å². The highest BCUT2D eigenvalue weighted by atomic mass is 19.1. The molecule has 1 rings (SSSR count). The Labute approximate surface area is 94.1 Å². The molecule has 4 heteroatoms. The Hall–Kier alpha value is -1.84. The molecule has 0 heterocycles. The molecule has 0 saturated carbocycles. The third kappa shape index (κ3) is 3.73. The first-order chi connectivity index (χ1) is 7.63. The smallest absolute Gasteiger partial charge is 0.245 e. The first kappa shape index (κ1) is 12.2. The van der Waals surface area contributed by atoms with Crippen molar-refractivity contribution in [3.63, 3.8) is 0 Å². The van der Waals surface area contributed by atoms with Crippen LogP contribution in [0.4, 0.5) is 4.39 Å². The summed E-state index contributed by atoms with van der Waals surface area (Å²) >= 11 is 0. The van der Waals surface area contributed by atoms with Gasteiger partial charge in [-0.1, -0.05) is 6.58 Å². The number of likely N-dealkylation sites (N-methyl/N-ethyl adjacent to an activating group) is 1. The topological polar surface area (TPSA) is 29.5 Å². The fourth-order valence-electron chi connectivity index (χ4n) is 1.10. The van der Waals surface area contributed by atoms with E-state index in [2.05, 4.69) is 6.58 Å². The molecule has 0 saturated heterocycles. The van der Waals surface area contributed by atoms with Gasteiger partial charge < -0.3 is 9.64 Å². The third-order valence-corrected chi connectivity index (χ3v) is 2.06. The number of carbonyl (C=O) groups excluding carboxylic acids is 1. The molecule has 1 amide bonds. The summed E-state index contributed by atoms with van der Waals surface area (Å²) in [6, 6.07) is 5.75. The molecule has 3 nitrogen and oxygen atoms in total. The second kappa shape index (κ2) is 5.90. The average molecular weight is 223 g/mol. The Kier molecular flexibility index (Phi) is 4.51. The van der Waals surface area contributed by atoms with E-state index in [1.807, 2.05) is 0 Å². The summed E-state index contributed by atoms with van der Waals surface area (Å²) in [4.78, 5) is 12.6. The first-order valence-corrected chi connectivity index (χ1v) is 4.89. The van der Waals surface area contributed by atoms with Crippen molar-refractivity contribution in [3.05, 3.63) is 42.7 Å². The predicted molar refractivity (Wildman–Crippen MR) is 59.7 cm³/mol. The summed E-state index contributed by atoms with van der Waals surface area (Å²) in [6.07, 6.45) is 1.25. The summed E-state index contributed by atoms with van der Waals surface area (Å²) < 4.78 is 17.9. The Morgan fingerprint density at radius 3 is 2.69 bits per heavy atom. The van der Waals surface area contributed by atoms with E-state index >= 15 is 0 Å². The normalized spacial score (nSPS) is 9.62. The number of benzene rings is 1. The van der Waals surface area contributed by atoms with Crippen LogP contribution >= 0.6 is 0 Å². The van der Waals surface area contributed by atoms with E-state index in [1.54, 1.807) is 19.2 Å². The summed E-state index contributed by atoms with van der Waals surface area (Å²) in [6.45, 7) is 4.21. The Bertz CT molecular complexity index is 362. The highest BCUT2D eigenvalue weighted by Crippen LogP contribution is 2.10. The molecule has 1 aromatic rings. The fourth-order valence-corrected chi connectivity index (χ4v) is 1.10. The molecule has 0 fully saturated rings. The lowest BCUT2D eigenvalue weighted by molar-refractivity contribution is -0.125. The average Bonchev–Trinajstić information content (AvgIpc) is 2.30. The van der Waals surface area contributed by atoms with Gasteiger partial charge in [0.25, 0.3) is 0 Å². The van der Waals surface area contributed by atoms with Gasteiger partial charge in [-0.3, -0.25) is 4.79 Å². The van der Waals surface area contributed by atoms with Gasteiger partial charge in [-0.05, 0) is 30.3 Å². The summed E-state index contributed by atoms with van der Waals surface area (Å²) in [5, 5.41) is 0. The first-order valence-electron chi connectivity index (χ1n) is 4.89. The van der Waals surface area contributed by atoms with E-state index in [4.69, 9.17) is 4.74 Å². The maximum atomic E-state index is 12.6. The van der Waals surface area contributed by atoms with Crippen LogP contribution in [0.3, 0.4) is 0 Å². The molecule has 0 atom stereocenters. The van der Waals surface area contributed by atoms with Gasteiger partial charge in [-0.2, -0.15) is 0 Å². The van der Waals surface area contributed by atoms with Gasteiger partial charge in [0.05, 0.1) is 6.54 Å². The molecule has 0 aliphatic carbocycles. The van der Waals surface area contributed by atoms with Crippen molar-refractivity contribution in [3.8, 4) is 5.75 Å². The zero-order chi connectivity index (χ0) is 12.0. The molecule has 0 unspecified atom stereocenters. The quantitative estimate of drug-likeness (QED) is 0.713. The Morgan fingerprint density at radius 1 is 1.50 bits per heavy atom. The van der Waals surface area contributed by atoms with Crippen LogP contribution in [0.2, 0.25) is 0 Å². The van der Waals surface area contributed by atoms with E-state index in [1.165, 1.54) is 23.1 Å². The third-order valence-electron chi connectivity index (χ3n) is 2.06. The van der Waals surface area contributed by atoms with E-state index in [-0.39, 0.29) is 11.7 Å². The van der Waals surface area contributed by atoms with E-state index in [0.717, 1.165) is 0 Å². The minimum atomic E-state index is -0.300. The van der Waals surface area contributed by atoms with Crippen molar-refractivity contribution < 1.29 is 13.9 Å². The largest absolute Gasteiger partial charge is 0.492 e. The lowest BCUT2D eigenvalue weighted by Gasteiger charge is -2.15. The summed E-state index contributed by atoms with van der Waals surface area (Å²) in [5.74, 6) is 0.134. The molecule has 1 aromatic carbocycles. The monoisotopic (exact) mass is 223 g/mol. The lowest BCUT2D eigenvalue weighted by Crippen LogP contribution is -2.29. The Morgan fingerprint density at radius 2 is 2.12 bits per heavy atom. The number of hydrogen-bond acceptors (Lipinski definition) is 2. The zero-order valence-corrected chi connectivity index (χ0v) is 9.15. The van der Waals surface area contributed by atoms with Crippen LogP contribution in [-0.2, 0) is 4.79 Å². The maximum Gasteiger partial charge on any atom is 0.245 e. The van der Waals surface area contributed by atoms with Gasteiger partial charge in [0.15, 0.2) is 0 Å². The van der Waals surface area contributed by atoms with Crippen LogP contribution in [-0.4, -0.2) is 31.0 Å². The molecule has 0 aliphatic rings. The van der Waals surface area contributed by atoms with Crippen LogP contribution in [0.15, 0.2) is 36.9 Å². The summed E-state index contributed by atoms with van der Waals surface area (Å²) in [7, 11) is 1.66. The molecular formula is C12H14FNO2. The molecular weight excluding hydrogens is 209 g/mol. The number of hydrogen-bond donors (Lipinski definition) is 0. The van der Waals surface area contributed by atoms with E-state index in [9.17, 15) is 9.18 Å². The molecule has 0 bridgehead atoms. The Balaban J connectivity index is 2.33. The SMILES string of the molecule is C=CC(=O)N(C)CCOc1ccc(F)cc1. The fraction of sp³-hybridized carbons (Fsp3) is 0.250. The van der Waals surface area contributed by atoms with Gasteiger partial charge >= 0.3 is 0 Å². The maximum absolute atomic E-state index is 12.6.